The first-order chi connectivity index (χ1) is 1.73. The summed E-state index contributed by atoms with van der Waals surface area (Å²) in [5.74, 6) is 0. The molecule has 0 bridgehead atoms. The fourth-order valence-corrected chi connectivity index (χ4v) is 0. The van der Waals surface area contributed by atoms with Gasteiger partial charge >= 0.3 is 51.4 Å². The summed E-state index contributed by atoms with van der Waals surface area (Å²) in [5.41, 5.74) is 0. The van der Waals surface area contributed by atoms with E-state index in [-0.39, 0.29) is 70.2 Å². The minimum atomic E-state index is -2.61. The number of hydrogen-bond acceptors (Lipinski definition) is 1. The zero-order valence-electron chi connectivity index (χ0n) is 3.71. The molecule has 0 amide bonds. The molecule has 0 aromatic carbocycles. The Morgan fingerprint density at radius 3 is 1.50 bits per heavy atom. The van der Waals surface area contributed by atoms with E-state index in [9.17, 15) is 0 Å². The minimum Gasteiger partial charge on any atom is -1.00 e. The molecule has 0 rings (SSSR count). The fraction of sp³-hybridized carbons (Fsp3) is 0. The smallest absolute Gasteiger partial charge is 1.00 e. The van der Waals surface area contributed by atoms with Crippen molar-refractivity contribution in [3.8, 4) is 0 Å². The summed E-state index contributed by atoms with van der Waals surface area (Å²) < 4.78 is 22.8. The third kappa shape index (κ3) is 34.2. The van der Waals surface area contributed by atoms with Gasteiger partial charge in [-0.25, -0.2) is 0 Å². The zero-order chi connectivity index (χ0) is 3.58. The molecule has 0 saturated heterocycles. The van der Waals surface area contributed by atoms with E-state index in [0.717, 1.165) is 0 Å². The Kier molecular flexibility index (Phi) is 26.9. The van der Waals surface area contributed by atoms with Crippen LogP contribution in [-0.2, 0) is 11.4 Å². The van der Waals surface area contributed by atoms with Crippen molar-refractivity contribution in [1.82, 2.24) is 0 Å². The van der Waals surface area contributed by atoms with Gasteiger partial charge in [0.15, 0.2) is 17.4 Å². The molecule has 0 aliphatic carbocycles. The predicted octanol–water partition coefficient (Wildman–Crippen LogP) is -4.39. The topological polar surface area (TPSA) is 57.5 Å². The monoisotopic (exact) mass is 152 g/mol. The van der Waals surface area contributed by atoms with Crippen LogP contribution < -0.4 is 51.4 Å². The van der Waals surface area contributed by atoms with Crippen molar-refractivity contribution in [2.75, 3.05) is 0 Å². The summed E-state index contributed by atoms with van der Waals surface area (Å²) in [5, 5.41) is 0. The van der Waals surface area contributed by atoms with Gasteiger partial charge in [-0.3, -0.25) is 9.11 Å². The van der Waals surface area contributed by atoms with Crippen LogP contribution in [0.25, 0.3) is 0 Å². The molecule has 3 nitrogen and oxygen atoms in total. The largest absolute Gasteiger partial charge is 1.00 e. The van der Waals surface area contributed by atoms with E-state index in [1.165, 1.54) is 0 Å². The van der Waals surface area contributed by atoms with Gasteiger partial charge in [-0.05, 0) is 0 Å². The van der Waals surface area contributed by atoms with E-state index in [1.54, 1.807) is 0 Å². The summed E-state index contributed by atoms with van der Waals surface area (Å²) in [6, 6.07) is 0. The molecule has 0 spiro atoms. The van der Waals surface area contributed by atoms with Gasteiger partial charge in [0, 0.05) is 0 Å². The Morgan fingerprint density at radius 1 is 1.50 bits per heavy atom. The van der Waals surface area contributed by atoms with Gasteiger partial charge in [-0.1, -0.05) is 0 Å². The maximum atomic E-state index is 8.67. The van der Waals surface area contributed by atoms with Crippen molar-refractivity contribution in [1.29, 1.82) is 0 Å². The fourth-order valence-electron chi connectivity index (χ4n) is 0. The SMILES string of the molecule is O=S(O)O.[AlH3].[H-].[K+]. The second-order valence-electron chi connectivity index (χ2n) is 0.231. The van der Waals surface area contributed by atoms with E-state index >= 15 is 0 Å². The van der Waals surface area contributed by atoms with E-state index in [4.69, 9.17) is 13.3 Å². The summed E-state index contributed by atoms with van der Waals surface area (Å²) in [6.45, 7) is 0. The molecule has 6 heavy (non-hydrogen) atoms. The van der Waals surface area contributed by atoms with Crippen molar-refractivity contribution < 1.29 is 66.1 Å². The minimum absolute atomic E-state index is 0. The molecule has 0 unspecified atom stereocenters. The van der Waals surface area contributed by atoms with Crippen LogP contribution in [0, 0.1) is 0 Å². The van der Waals surface area contributed by atoms with Gasteiger partial charge in [0.25, 0.3) is 11.4 Å². The standard InChI is InChI=1S/Al.K.H2O3S.4H/c;;1-4(2)3;;;;/h;;(H2,1,2,3);;;;/q;+1;;;;;-1. The van der Waals surface area contributed by atoms with Gasteiger partial charge in [-0.15, -0.1) is 0 Å². The maximum absolute atomic E-state index is 8.67. The van der Waals surface area contributed by atoms with Gasteiger partial charge in [0.2, 0.25) is 0 Å². The second-order valence-corrected chi connectivity index (χ2v) is 0.692. The Morgan fingerprint density at radius 2 is 1.50 bits per heavy atom. The molecule has 0 radical (unpaired) electrons. The van der Waals surface area contributed by atoms with Crippen LogP contribution in [0.15, 0.2) is 0 Å². The first kappa shape index (κ1) is 15.7. The Hall–Kier alpha value is 2.24. The molecule has 0 heterocycles. The third-order valence-electron chi connectivity index (χ3n) is 0. The van der Waals surface area contributed by atoms with Crippen LogP contribution in [0.1, 0.15) is 1.43 Å². The molecule has 0 aromatic rings. The molecule has 6 heteroatoms. The molecular weight excluding hydrogens is 146 g/mol. The second kappa shape index (κ2) is 10.3. The van der Waals surface area contributed by atoms with Gasteiger partial charge in [-0.2, -0.15) is 4.21 Å². The maximum Gasteiger partial charge on any atom is 1.00 e. The van der Waals surface area contributed by atoms with Crippen LogP contribution in [0.4, 0.5) is 0 Å². The van der Waals surface area contributed by atoms with Crippen molar-refractivity contribution in [3.63, 3.8) is 0 Å². The Labute approximate surface area is 93.0 Å². The molecular formula is H6AlKO3S. The molecule has 0 aliphatic heterocycles. The van der Waals surface area contributed by atoms with Gasteiger partial charge in [0.1, 0.15) is 0 Å². The van der Waals surface area contributed by atoms with E-state index in [1.807, 2.05) is 0 Å². The average molecular weight is 152 g/mol. The molecule has 34 valence electrons. The molecule has 0 aliphatic rings. The van der Waals surface area contributed by atoms with E-state index in [2.05, 4.69) is 0 Å². The summed E-state index contributed by atoms with van der Waals surface area (Å²) >= 11 is -2.61. The summed E-state index contributed by atoms with van der Waals surface area (Å²) in [6.07, 6.45) is 0. The molecule has 0 saturated carbocycles. The third-order valence-corrected chi connectivity index (χ3v) is 0. The molecule has 0 atom stereocenters. The predicted molar refractivity (Wildman–Crippen MR) is 24.5 cm³/mol. The van der Waals surface area contributed by atoms with Crippen LogP contribution in [0.3, 0.4) is 0 Å². The molecule has 0 fully saturated rings. The van der Waals surface area contributed by atoms with Crippen LogP contribution in [0.5, 0.6) is 0 Å². The van der Waals surface area contributed by atoms with E-state index < -0.39 is 11.4 Å². The van der Waals surface area contributed by atoms with Crippen molar-refractivity contribution >= 4 is 28.7 Å². The van der Waals surface area contributed by atoms with Crippen LogP contribution >= 0.6 is 0 Å². The first-order valence-corrected chi connectivity index (χ1v) is 1.60. The summed E-state index contributed by atoms with van der Waals surface area (Å²) in [4.78, 5) is 0. The van der Waals surface area contributed by atoms with Gasteiger partial charge in [0.05, 0.1) is 0 Å². The molecule has 2 N–H and O–H groups in total. The quantitative estimate of drug-likeness (QED) is 0.272. The van der Waals surface area contributed by atoms with Crippen molar-refractivity contribution in [2.24, 2.45) is 0 Å². The van der Waals surface area contributed by atoms with Crippen molar-refractivity contribution in [3.05, 3.63) is 0 Å². The van der Waals surface area contributed by atoms with E-state index in [0.29, 0.717) is 0 Å². The Bertz CT molecular complexity index is 37.9. The number of hydrogen-bond donors (Lipinski definition) is 2. The first-order valence-electron chi connectivity index (χ1n) is 0.532. The normalized spacial score (nSPS) is 5.83. The average Bonchev–Trinajstić information content (AvgIpc) is 0.811. The summed E-state index contributed by atoms with van der Waals surface area (Å²) in [7, 11) is 0. The number of rotatable bonds is 0. The Balaban J connectivity index is -0.0000000150. The zero-order valence-corrected chi connectivity index (χ0v) is 6.65. The van der Waals surface area contributed by atoms with Crippen LogP contribution in [0.2, 0.25) is 0 Å². The van der Waals surface area contributed by atoms with Crippen molar-refractivity contribution in [2.45, 2.75) is 0 Å². The van der Waals surface area contributed by atoms with Gasteiger partial charge < -0.3 is 1.43 Å². The molecule has 0 aromatic heterocycles. The van der Waals surface area contributed by atoms with Crippen LogP contribution in [-0.4, -0.2) is 30.7 Å².